The average Bonchev–Trinajstić information content (AvgIpc) is 2.71. The van der Waals surface area contributed by atoms with Crippen LogP contribution in [-0.4, -0.2) is 39.4 Å². The summed E-state index contributed by atoms with van der Waals surface area (Å²) >= 11 is 0. The quantitative estimate of drug-likeness (QED) is 0.761. The molecule has 0 bridgehead atoms. The van der Waals surface area contributed by atoms with E-state index in [2.05, 4.69) is 6.92 Å². The maximum Gasteiger partial charge on any atom is 0.264 e. The molecule has 144 valence electrons. The lowest BCUT2D eigenvalue weighted by Crippen LogP contribution is -2.35. The van der Waals surface area contributed by atoms with E-state index < -0.39 is 10.0 Å². The number of aryl methyl sites for hydroxylation is 1. The van der Waals surface area contributed by atoms with E-state index in [0.717, 1.165) is 36.9 Å². The van der Waals surface area contributed by atoms with Crippen LogP contribution in [-0.2, 0) is 16.4 Å². The molecule has 0 aliphatic carbocycles. The van der Waals surface area contributed by atoms with Gasteiger partial charge in [0.1, 0.15) is 0 Å². The van der Waals surface area contributed by atoms with Crippen molar-refractivity contribution in [3.8, 4) is 0 Å². The average molecular weight is 387 g/mol. The number of nitrogens with zero attached hydrogens (tertiary/aromatic N) is 2. The van der Waals surface area contributed by atoms with Crippen molar-refractivity contribution in [3.63, 3.8) is 0 Å². The number of anilines is 1. The standard InChI is InChI=1S/C21H26N2O3S/c1-3-4-14-22(2)21(24)18-10-7-12-19(16-18)27(25,26)23-15-8-11-17-9-5-6-13-20(17)23/h5-7,9-10,12-13,16H,3-4,8,11,14-15H2,1-2H3. The van der Waals surface area contributed by atoms with E-state index in [4.69, 9.17) is 0 Å². The summed E-state index contributed by atoms with van der Waals surface area (Å²) < 4.78 is 28.0. The number of sulfonamides is 1. The lowest BCUT2D eigenvalue weighted by Gasteiger charge is -2.30. The summed E-state index contributed by atoms with van der Waals surface area (Å²) in [4.78, 5) is 14.4. The van der Waals surface area contributed by atoms with Gasteiger partial charge in [-0.2, -0.15) is 0 Å². The summed E-state index contributed by atoms with van der Waals surface area (Å²) in [6.07, 6.45) is 3.59. The highest BCUT2D eigenvalue weighted by atomic mass is 32.2. The second kappa shape index (κ2) is 8.13. The molecule has 0 aromatic heterocycles. The van der Waals surface area contributed by atoms with Crippen LogP contribution in [0.5, 0.6) is 0 Å². The molecular formula is C21H26N2O3S. The first kappa shape index (κ1) is 19.4. The Hall–Kier alpha value is -2.34. The summed E-state index contributed by atoms with van der Waals surface area (Å²) in [5.41, 5.74) is 2.18. The van der Waals surface area contributed by atoms with Crippen LogP contribution in [0.25, 0.3) is 0 Å². The molecule has 2 aromatic rings. The molecule has 1 heterocycles. The van der Waals surface area contributed by atoms with Crippen LogP contribution in [0.15, 0.2) is 53.4 Å². The highest BCUT2D eigenvalue weighted by Crippen LogP contribution is 2.32. The molecule has 3 rings (SSSR count). The topological polar surface area (TPSA) is 57.7 Å². The molecule has 0 saturated carbocycles. The third kappa shape index (κ3) is 4.00. The summed E-state index contributed by atoms with van der Waals surface area (Å²) in [6, 6.07) is 14.0. The molecule has 1 amide bonds. The number of unbranched alkanes of at least 4 members (excludes halogenated alkanes) is 1. The van der Waals surface area contributed by atoms with Crippen LogP contribution in [0.4, 0.5) is 5.69 Å². The van der Waals surface area contributed by atoms with E-state index >= 15 is 0 Å². The maximum absolute atomic E-state index is 13.3. The Morgan fingerprint density at radius 3 is 2.70 bits per heavy atom. The molecule has 0 N–H and O–H groups in total. The number of rotatable bonds is 6. The molecule has 1 aliphatic heterocycles. The third-order valence-electron chi connectivity index (χ3n) is 4.93. The largest absolute Gasteiger partial charge is 0.342 e. The Balaban J connectivity index is 1.92. The van der Waals surface area contributed by atoms with Gasteiger partial charge < -0.3 is 4.90 Å². The van der Waals surface area contributed by atoms with Crippen molar-refractivity contribution >= 4 is 21.6 Å². The van der Waals surface area contributed by atoms with Crippen molar-refractivity contribution in [1.82, 2.24) is 4.90 Å². The second-order valence-electron chi connectivity index (χ2n) is 6.92. The van der Waals surface area contributed by atoms with E-state index in [9.17, 15) is 13.2 Å². The van der Waals surface area contributed by atoms with E-state index in [0.29, 0.717) is 18.7 Å². The van der Waals surface area contributed by atoms with Gasteiger partial charge in [-0.05, 0) is 49.1 Å². The summed E-state index contributed by atoms with van der Waals surface area (Å²) in [6.45, 7) is 3.18. The molecule has 0 saturated heterocycles. The Morgan fingerprint density at radius 2 is 1.93 bits per heavy atom. The van der Waals surface area contributed by atoms with Gasteiger partial charge in [0.05, 0.1) is 10.6 Å². The van der Waals surface area contributed by atoms with Gasteiger partial charge in [-0.3, -0.25) is 9.10 Å². The fraction of sp³-hybridized carbons (Fsp3) is 0.381. The number of amides is 1. The van der Waals surface area contributed by atoms with Gasteiger partial charge in [0.15, 0.2) is 0 Å². The molecule has 0 atom stereocenters. The number of fused-ring (bicyclic) bond motifs is 1. The molecule has 0 spiro atoms. The van der Waals surface area contributed by atoms with Gasteiger partial charge in [-0.25, -0.2) is 8.42 Å². The molecule has 1 aliphatic rings. The zero-order valence-corrected chi connectivity index (χ0v) is 16.7. The van der Waals surface area contributed by atoms with Crippen LogP contribution in [0.3, 0.4) is 0 Å². The highest BCUT2D eigenvalue weighted by molar-refractivity contribution is 7.92. The Labute approximate surface area is 161 Å². The lowest BCUT2D eigenvalue weighted by atomic mass is 10.0. The van der Waals surface area contributed by atoms with Gasteiger partial charge in [-0.1, -0.05) is 37.6 Å². The van der Waals surface area contributed by atoms with Gasteiger partial charge in [0, 0.05) is 25.7 Å². The minimum Gasteiger partial charge on any atom is -0.342 e. The van der Waals surface area contributed by atoms with Crippen molar-refractivity contribution in [2.24, 2.45) is 0 Å². The number of hydrogen-bond acceptors (Lipinski definition) is 3. The third-order valence-corrected chi connectivity index (χ3v) is 6.74. The normalized spacial score (nSPS) is 13.9. The molecule has 27 heavy (non-hydrogen) atoms. The smallest absolute Gasteiger partial charge is 0.264 e. The van der Waals surface area contributed by atoms with Crippen molar-refractivity contribution in [2.45, 2.75) is 37.5 Å². The first-order valence-electron chi connectivity index (χ1n) is 9.41. The molecule has 0 fully saturated rings. The van der Waals surface area contributed by atoms with Crippen molar-refractivity contribution in [2.75, 3.05) is 24.4 Å². The zero-order valence-electron chi connectivity index (χ0n) is 15.9. The minimum absolute atomic E-state index is 0.153. The summed E-state index contributed by atoms with van der Waals surface area (Å²) in [7, 11) is -1.96. The first-order valence-corrected chi connectivity index (χ1v) is 10.9. The van der Waals surface area contributed by atoms with Crippen LogP contribution in [0, 0.1) is 0 Å². The SMILES string of the molecule is CCCCN(C)C(=O)c1cccc(S(=O)(=O)N2CCCc3ccccc32)c1. The van der Waals surface area contributed by atoms with E-state index in [-0.39, 0.29) is 10.8 Å². The Bertz CT molecular complexity index is 925. The summed E-state index contributed by atoms with van der Waals surface area (Å²) in [5.74, 6) is -0.153. The number of carbonyl (C=O) groups excluding carboxylic acids is 1. The van der Waals surface area contributed by atoms with Crippen molar-refractivity contribution in [1.29, 1.82) is 0 Å². The predicted octanol–water partition coefficient (Wildman–Crippen LogP) is 3.70. The van der Waals surface area contributed by atoms with E-state index in [1.807, 2.05) is 24.3 Å². The highest BCUT2D eigenvalue weighted by Gasteiger charge is 2.29. The van der Waals surface area contributed by atoms with Gasteiger partial charge in [0.2, 0.25) is 0 Å². The number of benzene rings is 2. The van der Waals surface area contributed by atoms with Gasteiger partial charge in [0.25, 0.3) is 15.9 Å². The fourth-order valence-corrected chi connectivity index (χ4v) is 4.97. The van der Waals surface area contributed by atoms with Crippen molar-refractivity contribution in [3.05, 3.63) is 59.7 Å². The maximum atomic E-state index is 13.3. The lowest BCUT2D eigenvalue weighted by molar-refractivity contribution is 0.0793. The van der Waals surface area contributed by atoms with Gasteiger partial charge >= 0.3 is 0 Å². The van der Waals surface area contributed by atoms with Crippen LogP contribution >= 0.6 is 0 Å². The van der Waals surface area contributed by atoms with E-state index in [1.165, 1.54) is 10.4 Å². The first-order chi connectivity index (χ1) is 12.9. The van der Waals surface area contributed by atoms with Crippen molar-refractivity contribution < 1.29 is 13.2 Å². The van der Waals surface area contributed by atoms with E-state index in [1.54, 1.807) is 30.1 Å². The molecule has 0 radical (unpaired) electrons. The number of hydrogen-bond donors (Lipinski definition) is 0. The molecule has 0 unspecified atom stereocenters. The second-order valence-corrected chi connectivity index (χ2v) is 8.78. The monoisotopic (exact) mass is 386 g/mol. The molecular weight excluding hydrogens is 360 g/mol. The predicted molar refractivity (Wildman–Crippen MR) is 108 cm³/mol. The number of carbonyl (C=O) groups is 1. The van der Waals surface area contributed by atoms with Crippen LogP contribution in [0.2, 0.25) is 0 Å². The van der Waals surface area contributed by atoms with Crippen LogP contribution in [0.1, 0.15) is 42.1 Å². The number of para-hydroxylation sites is 1. The van der Waals surface area contributed by atoms with Crippen LogP contribution < -0.4 is 4.31 Å². The molecule has 6 heteroatoms. The van der Waals surface area contributed by atoms with Gasteiger partial charge in [-0.15, -0.1) is 0 Å². The molecule has 5 nitrogen and oxygen atoms in total. The minimum atomic E-state index is -3.71. The Kier molecular flexibility index (Phi) is 5.85. The molecule has 2 aromatic carbocycles. The fourth-order valence-electron chi connectivity index (χ4n) is 3.38. The summed E-state index contributed by atoms with van der Waals surface area (Å²) in [5, 5.41) is 0. The zero-order chi connectivity index (χ0) is 19.4. The Morgan fingerprint density at radius 1 is 1.15 bits per heavy atom.